The first-order chi connectivity index (χ1) is 17.9. The third-order valence-electron chi connectivity index (χ3n) is 6.02. The van der Waals surface area contributed by atoms with E-state index in [1.54, 1.807) is 41.3 Å². The highest BCUT2D eigenvalue weighted by atomic mass is 35.5. The fraction of sp³-hybridized carbons (Fsp3) is 0.333. The van der Waals surface area contributed by atoms with Gasteiger partial charge in [-0.3, -0.25) is 19.3 Å². The van der Waals surface area contributed by atoms with E-state index >= 15 is 0 Å². The molecule has 2 aromatic rings. The molecule has 8 nitrogen and oxygen atoms in total. The molecule has 192 valence electrons. The average molecular weight is 540 g/mol. The molecule has 2 fully saturated rings. The minimum atomic E-state index is -0.511. The van der Waals surface area contributed by atoms with Gasteiger partial charge in [-0.05, 0) is 67.8 Å². The summed E-state index contributed by atoms with van der Waals surface area (Å²) in [6.07, 6.45) is 4.50. The first-order valence-corrected chi connectivity index (χ1v) is 13.2. The van der Waals surface area contributed by atoms with Gasteiger partial charge in [0, 0.05) is 18.7 Å². The summed E-state index contributed by atoms with van der Waals surface area (Å²) in [4.78, 5) is 41.0. The number of carbonyl (C=O) groups is 3. The normalized spacial score (nSPS) is 16.7. The van der Waals surface area contributed by atoms with E-state index in [4.69, 9.17) is 21.1 Å². The lowest BCUT2D eigenvalue weighted by Gasteiger charge is -2.27. The highest BCUT2D eigenvalue weighted by Crippen LogP contribution is 2.39. The molecule has 0 atom stereocenters. The van der Waals surface area contributed by atoms with Gasteiger partial charge >= 0.3 is 0 Å². The van der Waals surface area contributed by atoms with Crippen LogP contribution >= 0.6 is 23.4 Å². The predicted octanol–water partition coefficient (Wildman–Crippen LogP) is 5.24. The zero-order valence-electron chi connectivity index (χ0n) is 20.4. The van der Waals surface area contributed by atoms with Crippen molar-refractivity contribution >= 4 is 46.5 Å². The largest absolute Gasteiger partial charge is 0.490 e. The molecule has 2 aliphatic heterocycles. The number of amides is 3. The molecule has 0 aromatic heterocycles. The molecule has 10 heteroatoms. The predicted molar refractivity (Wildman–Crippen MR) is 141 cm³/mol. The van der Waals surface area contributed by atoms with Gasteiger partial charge in [-0.15, -0.1) is 0 Å². The second-order valence-electron chi connectivity index (χ2n) is 8.53. The van der Waals surface area contributed by atoms with E-state index in [1.165, 1.54) is 0 Å². The maximum Gasteiger partial charge on any atom is 0.294 e. The van der Waals surface area contributed by atoms with Gasteiger partial charge in [-0.25, -0.2) is 0 Å². The molecular weight excluding hydrogens is 514 g/mol. The van der Waals surface area contributed by atoms with Crippen molar-refractivity contribution in [1.29, 1.82) is 5.26 Å². The molecule has 2 aliphatic rings. The summed E-state index contributed by atoms with van der Waals surface area (Å²) in [6, 6.07) is 12.5. The summed E-state index contributed by atoms with van der Waals surface area (Å²) in [5.41, 5.74) is 1.76. The fourth-order valence-electron chi connectivity index (χ4n) is 4.15. The number of hydrogen-bond acceptors (Lipinski definition) is 7. The maximum absolute atomic E-state index is 13.0. The van der Waals surface area contributed by atoms with Crippen LogP contribution in [0.15, 0.2) is 41.3 Å². The van der Waals surface area contributed by atoms with E-state index < -0.39 is 11.1 Å². The number of imide groups is 1. The molecule has 2 saturated heterocycles. The van der Waals surface area contributed by atoms with Crippen molar-refractivity contribution in [1.82, 2.24) is 9.80 Å². The van der Waals surface area contributed by atoms with E-state index in [-0.39, 0.29) is 29.0 Å². The number of likely N-dealkylation sites (tertiary alicyclic amines) is 1. The lowest BCUT2D eigenvalue weighted by atomic mass is 10.1. The molecule has 0 saturated carbocycles. The van der Waals surface area contributed by atoms with Crippen molar-refractivity contribution < 1.29 is 23.9 Å². The number of thioether (sulfide) groups is 1. The second kappa shape index (κ2) is 12.2. The van der Waals surface area contributed by atoms with Gasteiger partial charge in [-0.2, -0.15) is 5.26 Å². The Bertz CT molecular complexity index is 1280. The van der Waals surface area contributed by atoms with Gasteiger partial charge in [0.25, 0.3) is 11.1 Å². The van der Waals surface area contributed by atoms with Gasteiger partial charge in [-0.1, -0.05) is 29.8 Å². The summed E-state index contributed by atoms with van der Waals surface area (Å²) in [6.45, 7) is 3.33. The third-order valence-corrected chi connectivity index (χ3v) is 7.20. The minimum absolute atomic E-state index is 0.118. The number of halogens is 1. The number of benzene rings is 2. The molecule has 2 heterocycles. The summed E-state index contributed by atoms with van der Waals surface area (Å²) >= 11 is 7.31. The molecule has 0 N–H and O–H groups in total. The van der Waals surface area contributed by atoms with Crippen molar-refractivity contribution in [2.75, 3.05) is 26.2 Å². The molecule has 3 amide bonds. The van der Waals surface area contributed by atoms with Crippen LogP contribution < -0.4 is 9.47 Å². The van der Waals surface area contributed by atoms with Crippen LogP contribution in [-0.4, -0.2) is 53.1 Å². The Morgan fingerprint density at radius 3 is 2.65 bits per heavy atom. The maximum atomic E-state index is 13.0. The Labute approximate surface area is 224 Å². The molecule has 0 unspecified atom stereocenters. The first kappa shape index (κ1) is 26.6. The molecule has 0 spiro atoms. The number of hydrogen-bond donors (Lipinski definition) is 0. The van der Waals surface area contributed by atoms with Crippen LogP contribution in [0.4, 0.5) is 4.79 Å². The van der Waals surface area contributed by atoms with E-state index in [9.17, 15) is 19.6 Å². The van der Waals surface area contributed by atoms with Gasteiger partial charge < -0.3 is 14.4 Å². The Morgan fingerprint density at radius 2 is 1.92 bits per heavy atom. The fourth-order valence-corrected chi connectivity index (χ4v) is 5.26. The molecule has 4 rings (SSSR count). The average Bonchev–Trinajstić information content (AvgIpc) is 3.16. The number of rotatable bonds is 8. The zero-order valence-corrected chi connectivity index (χ0v) is 21.9. The molecule has 2 aromatic carbocycles. The molecule has 0 radical (unpaired) electrons. The van der Waals surface area contributed by atoms with Crippen LogP contribution in [0.1, 0.15) is 42.9 Å². The summed E-state index contributed by atoms with van der Waals surface area (Å²) in [7, 11) is 0. The van der Waals surface area contributed by atoms with Crippen molar-refractivity contribution in [2.24, 2.45) is 0 Å². The quantitative estimate of drug-likeness (QED) is 0.423. The van der Waals surface area contributed by atoms with Crippen molar-refractivity contribution in [3.8, 4) is 17.6 Å². The molecular formula is C27H26ClN3O5S. The third kappa shape index (κ3) is 6.27. The number of carbonyl (C=O) groups excluding carboxylic acids is 3. The zero-order chi connectivity index (χ0) is 26.4. The van der Waals surface area contributed by atoms with Gasteiger partial charge in [0.05, 0.1) is 28.2 Å². The Hall–Kier alpha value is -3.48. The summed E-state index contributed by atoms with van der Waals surface area (Å²) < 4.78 is 11.7. The van der Waals surface area contributed by atoms with Crippen molar-refractivity contribution in [2.45, 2.75) is 32.8 Å². The molecule has 37 heavy (non-hydrogen) atoms. The van der Waals surface area contributed by atoms with Crippen LogP contribution in [0.2, 0.25) is 5.02 Å². The van der Waals surface area contributed by atoms with Crippen LogP contribution in [0, 0.1) is 11.3 Å². The highest BCUT2D eigenvalue weighted by molar-refractivity contribution is 8.18. The Morgan fingerprint density at radius 1 is 1.16 bits per heavy atom. The minimum Gasteiger partial charge on any atom is -0.490 e. The smallest absolute Gasteiger partial charge is 0.294 e. The van der Waals surface area contributed by atoms with Crippen molar-refractivity contribution in [3.05, 3.63) is 63.0 Å². The Kier molecular flexibility index (Phi) is 8.74. The second-order valence-corrected chi connectivity index (χ2v) is 9.93. The lowest BCUT2D eigenvalue weighted by Crippen LogP contribution is -2.44. The van der Waals surface area contributed by atoms with E-state index in [1.807, 2.05) is 13.0 Å². The number of piperidine rings is 1. The number of nitrogens with zero attached hydrogens (tertiary/aromatic N) is 3. The molecule has 0 aliphatic carbocycles. The van der Waals surface area contributed by atoms with Crippen LogP contribution in [0.25, 0.3) is 6.08 Å². The molecule has 0 bridgehead atoms. The van der Waals surface area contributed by atoms with Crippen LogP contribution in [-0.2, 0) is 16.2 Å². The van der Waals surface area contributed by atoms with E-state index in [0.717, 1.165) is 35.9 Å². The SMILES string of the molecule is CCOc1cc(/C=C2\SC(=O)N(CC(=O)N3CCCCC3)C2=O)cc(Cl)c1OCc1ccccc1C#N. The van der Waals surface area contributed by atoms with Crippen LogP contribution in [0.5, 0.6) is 11.5 Å². The summed E-state index contributed by atoms with van der Waals surface area (Å²) in [5, 5.41) is 9.09. The van der Waals surface area contributed by atoms with Gasteiger partial charge in [0.15, 0.2) is 11.5 Å². The monoisotopic (exact) mass is 539 g/mol. The van der Waals surface area contributed by atoms with E-state index in [2.05, 4.69) is 6.07 Å². The number of nitriles is 1. The van der Waals surface area contributed by atoms with Gasteiger partial charge in [0.1, 0.15) is 13.2 Å². The lowest BCUT2D eigenvalue weighted by molar-refractivity contribution is -0.136. The Balaban J connectivity index is 1.52. The van der Waals surface area contributed by atoms with Crippen LogP contribution in [0.3, 0.4) is 0 Å². The van der Waals surface area contributed by atoms with Gasteiger partial charge in [0.2, 0.25) is 5.91 Å². The highest BCUT2D eigenvalue weighted by Gasteiger charge is 2.37. The van der Waals surface area contributed by atoms with E-state index in [0.29, 0.717) is 47.9 Å². The first-order valence-electron chi connectivity index (χ1n) is 12.0. The summed E-state index contributed by atoms with van der Waals surface area (Å²) in [5.74, 6) is -0.0453. The van der Waals surface area contributed by atoms with Crippen molar-refractivity contribution in [3.63, 3.8) is 0 Å². The standard InChI is InChI=1S/C27H26ClN3O5S/c1-2-35-22-13-18(12-21(28)25(22)36-17-20-9-5-4-8-19(20)15-29)14-23-26(33)31(27(34)37-23)16-24(32)30-10-6-3-7-11-30/h4-5,8-9,12-14H,2-3,6-7,10-11,16-17H2,1H3/b23-14-. The topological polar surface area (TPSA) is 99.9 Å². The number of ether oxygens (including phenoxy) is 2.